The van der Waals surface area contributed by atoms with Gasteiger partial charge in [0.2, 0.25) is 5.91 Å². The minimum atomic E-state index is -0.262. The zero-order chi connectivity index (χ0) is 16.1. The topological polar surface area (TPSA) is 75.6 Å². The Morgan fingerprint density at radius 2 is 2.13 bits per heavy atom. The molecule has 1 fully saturated rings. The van der Waals surface area contributed by atoms with Crippen molar-refractivity contribution < 1.29 is 9.18 Å². The number of aromatic amines is 1. The molecule has 2 heterocycles. The highest BCUT2D eigenvalue weighted by atomic mass is 19.1. The average Bonchev–Trinajstić information content (AvgIpc) is 3.13. The Hall–Kier alpha value is -2.70. The molecule has 1 amide bonds. The summed E-state index contributed by atoms with van der Waals surface area (Å²) in [5.74, 6) is 0.343. The molecule has 2 atom stereocenters. The molecule has 7 heteroatoms. The van der Waals surface area contributed by atoms with E-state index in [1.807, 2.05) is 14.0 Å². The van der Waals surface area contributed by atoms with Crippen molar-refractivity contribution in [3.63, 3.8) is 0 Å². The fourth-order valence-electron chi connectivity index (χ4n) is 3.10. The average molecular weight is 313 g/mol. The number of fused-ring (bicyclic) bond motifs is 1. The van der Waals surface area contributed by atoms with Gasteiger partial charge in [0.1, 0.15) is 11.6 Å². The van der Waals surface area contributed by atoms with Crippen LogP contribution in [0.2, 0.25) is 0 Å². The quantitative estimate of drug-likeness (QED) is 0.780. The summed E-state index contributed by atoms with van der Waals surface area (Å²) < 4.78 is 14.6. The highest BCUT2D eigenvalue weighted by Crippen LogP contribution is 2.48. The lowest BCUT2D eigenvalue weighted by atomic mass is 10.1. The maximum absolute atomic E-state index is 13.0. The van der Waals surface area contributed by atoms with Crippen LogP contribution in [-0.2, 0) is 11.8 Å². The first-order chi connectivity index (χ1) is 11.0. The van der Waals surface area contributed by atoms with E-state index in [4.69, 9.17) is 0 Å². The SMILES string of the molecule is Cc1nn(C)c2n[nH]c(NC(=O)[C@@H]3C[C@@H]3c3ccc(F)cc3)c12. The Labute approximate surface area is 131 Å². The van der Waals surface area contributed by atoms with E-state index in [2.05, 4.69) is 20.6 Å². The summed E-state index contributed by atoms with van der Waals surface area (Å²) in [5, 5.41) is 15.1. The van der Waals surface area contributed by atoms with Gasteiger partial charge in [0.15, 0.2) is 5.65 Å². The van der Waals surface area contributed by atoms with Crippen molar-refractivity contribution in [2.45, 2.75) is 19.3 Å². The second kappa shape index (κ2) is 4.91. The van der Waals surface area contributed by atoms with E-state index in [9.17, 15) is 9.18 Å². The highest BCUT2D eigenvalue weighted by molar-refractivity contribution is 6.02. The maximum atomic E-state index is 13.0. The van der Waals surface area contributed by atoms with Crippen LogP contribution in [0.25, 0.3) is 11.0 Å². The number of H-pyrrole nitrogens is 1. The van der Waals surface area contributed by atoms with Crippen LogP contribution in [0.5, 0.6) is 0 Å². The maximum Gasteiger partial charge on any atom is 0.229 e. The minimum absolute atomic E-state index is 0.0480. The molecule has 0 radical (unpaired) electrons. The summed E-state index contributed by atoms with van der Waals surface area (Å²) in [4.78, 5) is 12.4. The Kier molecular flexibility index (Phi) is 2.97. The number of hydrogen-bond donors (Lipinski definition) is 2. The molecule has 1 aliphatic carbocycles. The summed E-state index contributed by atoms with van der Waals surface area (Å²) >= 11 is 0. The van der Waals surface area contributed by atoms with E-state index >= 15 is 0 Å². The van der Waals surface area contributed by atoms with Crippen LogP contribution >= 0.6 is 0 Å². The van der Waals surface area contributed by atoms with Gasteiger partial charge < -0.3 is 5.32 Å². The lowest BCUT2D eigenvalue weighted by molar-refractivity contribution is -0.117. The number of hydrogen-bond acceptors (Lipinski definition) is 3. The normalized spacial score (nSPS) is 20.0. The fourth-order valence-corrected chi connectivity index (χ4v) is 3.10. The predicted molar refractivity (Wildman–Crippen MR) is 83.5 cm³/mol. The van der Waals surface area contributed by atoms with Gasteiger partial charge in [0.25, 0.3) is 0 Å². The number of anilines is 1. The Balaban J connectivity index is 1.51. The minimum Gasteiger partial charge on any atom is -0.310 e. The highest BCUT2D eigenvalue weighted by Gasteiger charge is 2.44. The number of nitrogens with one attached hydrogen (secondary N) is 2. The number of aromatic nitrogens is 4. The van der Waals surface area contributed by atoms with Crippen LogP contribution in [0, 0.1) is 18.7 Å². The van der Waals surface area contributed by atoms with E-state index in [-0.39, 0.29) is 23.6 Å². The number of carbonyl (C=O) groups excluding carboxylic acids is 1. The molecule has 2 N–H and O–H groups in total. The summed E-state index contributed by atoms with van der Waals surface area (Å²) in [6.07, 6.45) is 0.779. The number of nitrogens with zero attached hydrogens (tertiary/aromatic N) is 3. The summed E-state index contributed by atoms with van der Waals surface area (Å²) in [7, 11) is 1.81. The number of carbonyl (C=O) groups is 1. The van der Waals surface area contributed by atoms with E-state index in [1.54, 1.807) is 16.8 Å². The van der Waals surface area contributed by atoms with Gasteiger partial charge in [-0.15, -0.1) is 0 Å². The van der Waals surface area contributed by atoms with Gasteiger partial charge in [-0.1, -0.05) is 12.1 Å². The third-order valence-corrected chi connectivity index (χ3v) is 4.39. The standard InChI is InChI=1S/C16H16FN5O/c1-8-13-14(19-20-15(13)22(2)21-8)18-16(23)12-7-11(12)9-3-5-10(17)6-4-9/h3-6,11-12H,7H2,1-2H3,(H2,18,19,20,23)/t11-,12-/m1/s1. The number of amides is 1. The first-order valence-electron chi connectivity index (χ1n) is 7.48. The van der Waals surface area contributed by atoms with Crippen LogP contribution in [0.3, 0.4) is 0 Å². The number of halogens is 1. The molecule has 1 saturated carbocycles. The van der Waals surface area contributed by atoms with Crippen LogP contribution in [0.15, 0.2) is 24.3 Å². The first kappa shape index (κ1) is 13.9. The molecule has 0 unspecified atom stereocenters. The summed E-state index contributed by atoms with van der Waals surface area (Å²) in [6.45, 7) is 1.88. The molecule has 0 saturated heterocycles. The van der Waals surface area contributed by atoms with Crippen LogP contribution < -0.4 is 5.32 Å². The molecule has 6 nitrogen and oxygen atoms in total. The van der Waals surface area contributed by atoms with E-state index in [0.717, 1.165) is 23.1 Å². The molecule has 1 aromatic carbocycles. The zero-order valence-electron chi connectivity index (χ0n) is 12.8. The molecule has 23 heavy (non-hydrogen) atoms. The van der Waals surface area contributed by atoms with Crippen molar-refractivity contribution in [2.75, 3.05) is 5.32 Å². The van der Waals surface area contributed by atoms with E-state index in [0.29, 0.717) is 11.5 Å². The molecule has 2 aromatic heterocycles. The second-order valence-corrected chi connectivity index (χ2v) is 6.00. The van der Waals surface area contributed by atoms with E-state index < -0.39 is 0 Å². The van der Waals surface area contributed by atoms with Crippen molar-refractivity contribution in [1.82, 2.24) is 20.0 Å². The third-order valence-electron chi connectivity index (χ3n) is 4.39. The van der Waals surface area contributed by atoms with Crippen LogP contribution in [-0.4, -0.2) is 25.9 Å². The largest absolute Gasteiger partial charge is 0.310 e. The second-order valence-electron chi connectivity index (χ2n) is 6.00. The molecule has 118 valence electrons. The lowest BCUT2D eigenvalue weighted by Crippen LogP contribution is -2.15. The van der Waals surface area contributed by atoms with Crippen molar-refractivity contribution in [1.29, 1.82) is 0 Å². The van der Waals surface area contributed by atoms with Crippen LogP contribution in [0.4, 0.5) is 10.2 Å². The third kappa shape index (κ3) is 2.28. The Morgan fingerprint density at radius 3 is 2.87 bits per heavy atom. The molecular formula is C16H16FN5O. The van der Waals surface area contributed by atoms with Gasteiger partial charge in [-0.3, -0.25) is 9.89 Å². The van der Waals surface area contributed by atoms with Crippen molar-refractivity contribution in [3.8, 4) is 0 Å². The molecule has 0 spiro atoms. The number of aryl methyl sites for hydroxylation is 2. The van der Waals surface area contributed by atoms with Gasteiger partial charge in [-0.2, -0.15) is 10.2 Å². The zero-order valence-corrected chi connectivity index (χ0v) is 12.8. The smallest absolute Gasteiger partial charge is 0.229 e. The first-order valence-corrected chi connectivity index (χ1v) is 7.48. The van der Waals surface area contributed by atoms with Gasteiger partial charge in [0, 0.05) is 13.0 Å². The number of benzene rings is 1. The summed E-state index contributed by atoms with van der Waals surface area (Å²) in [6, 6.07) is 6.35. The molecule has 4 rings (SSSR count). The Morgan fingerprint density at radius 1 is 1.39 bits per heavy atom. The molecular weight excluding hydrogens is 297 g/mol. The van der Waals surface area contributed by atoms with E-state index in [1.165, 1.54) is 12.1 Å². The van der Waals surface area contributed by atoms with Gasteiger partial charge in [-0.25, -0.2) is 9.07 Å². The molecule has 0 aliphatic heterocycles. The van der Waals surface area contributed by atoms with Crippen LogP contribution in [0.1, 0.15) is 23.6 Å². The van der Waals surface area contributed by atoms with Gasteiger partial charge in [-0.05, 0) is 37.0 Å². The fraction of sp³-hybridized carbons (Fsp3) is 0.312. The lowest BCUT2D eigenvalue weighted by Gasteiger charge is -2.03. The van der Waals surface area contributed by atoms with Gasteiger partial charge >= 0.3 is 0 Å². The van der Waals surface area contributed by atoms with Crippen molar-refractivity contribution in [3.05, 3.63) is 41.3 Å². The molecule has 3 aromatic rings. The number of rotatable bonds is 3. The molecule has 0 bridgehead atoms. The van der Waals surface area contributed by atoms with Crippen molar-refractivity contribution >= 4 is 22.8 Å². The predicted octanol–water partition coefficient (Wildman–Crippen LogP) is 2.49. The molecule has 1 aliphatic rings. The van der Waals surface area contributed by atoms with Crippen molar-refractivity contribution in [2.24, 2.45) is 13.0 Å². The van der Waals surface area contributed by atoms with Gasteiger partial charge in [0.05, 0.1) is 11.1 Å². The monoisotopic (exact) mass is 313 g/mol. The summed E-state index contributed by atoms with van der Waals surface area (Å²) in [5.41, 5.74) is 2.53. The Bertz CT molecular complexity index is 895.